The molecule has 2 saturated heterocycles. The lowest BCUT2D eigenvalue weighted by molar-refractivity contribution is -0.355. The van der Waals surface area contributed by atoms with E-state index in [2.05, 4.69) is 0 Å². The van der Waals surface area contributed by atoms with Crippen LogP contribution in [0.1, 0.15) is 10.4 Å². The molecule has 10 atom stereocenters. The summed E-state index contributed by atoms with van der Waals surface area (Å²) in [6.45, 7) is -1.35. The van der Waals surface area contributed by atoms with Crippen molar-refractivity contribution < 1.29 is 59.9 Å². The van der Waals surface area contributed by atoms with Crippen LogP contribution in [0.25, 0.3) is 0 Å². The van der Waals surface area contributed by atoms with Gasteiger partial charge in [0.2, 0.25) is 0 Å². The number of hydrogen-bond acceptors (Lipinski definition) is 13. The minimum absolute atomic E-state index is 0.263. The van der Waals surface area contributed by atoms with Crippen molar-refractivity contribution in [2.45, 2.75) is 61.4 Å². The van der Waals surface area contributed by atoms with Crippen LogP contribution in [-0.4, -0.2) is 121 Å². The van der Waals surface area contributed by atoms with Crippen LogP contribution in [0.3, 0.4) is 0 Å². The Balaban J connectivity index is 0.000000321. The zero-order chi connectivity index (χ0) is 24.7. The second kappa shape index (κ2) is 12.6. The van der Waals surface area contributed by atoms with E-state index in [1.54, 1.807) is 24.3 Å². The van der Waals surface area contributed by atoms with Gasteiger partial charge in [0, 0.05) is 5.56 Å². The highest BCUT2D eigenvalue weighted by molar-refractivity contribution is 5.93. The molecular weight excluding hydrogens is 448 g/mol. The minimum Gasteiger partial charge on any atom is -0.394 e. The smallest absolute Gasteiger partial charge is 0.265 e. The summed E-state index contributed by atoms with van der Waals surface area (Å²) in [7, 11) is 0. The molecule has 11 N–H and O–H groups in total. The molecule has 1 aromatic rings. The first-order valence-electron chi connectivity index (χ1n) is 9.98. The Hall–Kier alpha value is -1.79. The predicted octanol–water partition coefficient (Wildman–Crippen LogP) is -5.11. The average molecular weight is 478 g/mol. The van der Waals surface area contributed by atoms with E-state index in [-0.39, 0.29) is 5.91 Å². The lowest BCUT2D eigenvalue weighted by Gasteiger charge is -2.45. The molecule has 0 bridgehead atoms. The number of aliphatic hydroxyl groups excluding tert-OH is 8. The molecule has 2 aliphatic rings. The van der Waals surface area contributed by atoms with Gasteiger partial charge >= 0.3 is 0 Å². The van der Waals surface area contributed by atoms with Crippen molar-refractivity contribution in [2.75, 3.05) is 13.2 Å². The normalized spacial score (nSPS) is 38.7. The SMILES string of the molecule is NNC(=O)c1ccccc1.OC[C@H]1O[C@H](O[C@H]2[C@H](O)[C@@H](O)[C@H](O)O[C@@H]2CO)[C@H](O)[C@@H](O)[C@@H]1O. The Morgan fingerprint density at radius 1 is 0.848 bits per heavy atom. The number of carbonyl (C=O) groups excluding carboxylic acids is 1. The third kappa shape index (κ3) is 6.63. The van der Waals surface area contributed by atoms with Crippen molar-refractivity contribution >= 4 is 5.91 Å². The number of benzene rings is 1. The second-order valence-electron chi connectivity index (χ2n) is 7.37. The molecule has 0 saturated carbocycles. The van der Waals surface area contributed by atoms with E-state index in [0.717, 1.165) is 0 Å². The van der Waals surface area contributed by atoms with E-state index in [1.165, 1.54) is 0 Å². The standard InChI is InChI=1S/C12H22O11.C7H8N2O/c13-1-3-5(15)6(16)9(19)12(22-3)23-10-4(2-14)21-11(20)8(18)7(10)17;8-9-7(10)6-4-2-1-3-5-6/h3-20H,1-2H2;1-5H,8H2,(H,9,10)/t3-,4-,5-,6+,7-,8-,9-,10-,11-,12-;/m1./s1. The molecule has 14 heteroatoms. The number of nitrogens with two attached hydrogens (primary N) is 1. The topological polar surface area (TPSA) is 245 Å². The first kappa shape index (κ1) is 27.5. The molecule has 1 amide bonds. The molecular formula is C19H30N2O12. The van der Waals surface area contributed by atoms with Crippen molar-refractivity contribution in [3.63, 3.8) is 0 Å². The van der Waals surface area contributed by atoms with E-state index in [1.807, 2.05) is 11.5 Å². The summed E-state index contributed by atoms with van der Waals surface area (Å²) in [5.74, 6) is 4.64. The molecule has 188 valence electrons. The number of nitrogen functional groups attached to an aromatic ring is 1. The molecule has 0 unspecified atom stereocenters. The van der Waals surface area contributed by atoms with Gasteiger partial charge in [0.05, 0.1) is 13.2 Å². The van der Waals surface area contributed by atoms with Crippen molar-refractivity contribution in [3.05, 3.63) is 35.9 Å². The van der Waals surface area contributed by atoms with Gasteiger partial charge in [-0.1, -0.05) is 18.2 Å². The quantitative estimate of drug-likeness (QED) is 0.108. The zero-order valence-corrected chi connectivity index (χ0v) is 17.4. The molecule has 33 heavy (non-hydrogen) atoms. The first-order chi connectivity index (χ1) is 15.7. The van der Waals surface area contributed by atoms with Crippen LogP contribution >= 0.6 is 0 Å². The fourth-order valence-corrected chi connectivity index (χ4v) is 3.24. The van der Waals surface area contributed by atoms with Gasteiger partial charge in [-0.05, 0) is 12.1 Å². The molecule has 3 rings (SSSR count). The number of hydrogen-bond donors (Lipinski definition) is 10. The number of carbonyl (C=O) groups is 1. The van der Waals surface area contributed by atoms with Crippen LogP contribution in [0.5, 0.6) is 0 Å². The highest BCUT2D eigenvalue weighted by Crippen LogP contribution is 2.28. The Morgan fingerprint density at radius 2 is 1.45 bits per heavy atom. The highest BCUT2D eigenvalue weighted by Gasteiger charge is 2.50. The fraction of sp³-hybridized carbons (Fsp3) is 0.632. The van der Waals surface area contributed by atoms with Crippen LogP contribution in [0, 0.1) is 0 Å². The Kier molecular flexibility index (Phi) is 10.5. The summed E-state index contributed by atoms with van der Waals surface area (Å²) < 4.78 is 15.3. The summed E-state index contributed by atoms with van der Waals surface area (Å²) >= 11 is 0. The fourth-order valence-electron chi connectivity index (χ4n) is 3.24. The summed E-state index contributed by atoms with van der Waals surface area (Å²) in [6.07, 6.45) is -15.6. The lowest BCUT2D eigenvalue weighted by Crippen LogP contribution is -2.64. The number of nitrogens with one attached hydrogen (secondary N) is 1. The van der Waals surface area contributed by atoms with E-state index in [0.29, 0.717) is 5.56 Å². The minimum atomic E-state index is -1.74. The highest BCUT2D eigenvalue weighted by atomic mass is 16.7. The monoisotopic (exact) mass is 478 g/mol. The maximum Gasteiger partial charge on any atom is 0.265 e. The maximum absolute atomic E-state index is 10.8. The van der Waals surface area contributed by atoms with Gasteiger partial charge < -0.3 is 55.1 Å². The maximum atomic E-state index is 10.8. The Morgan fingerprint density at radius 3 is 2.00 bits per heavy atom. The molecule has 0 aliphatic carbocycles. The summed E-state index contributed by atoms with van der Waals surface area (Å²) in [5.41, 5.74) is 2.62. The van der Waals surface area contributed by atoms with Crippen LogP contribution in [0.2, 0.25) is 0 Å². The second-order valence-corrected chi connectivity index (χ2v) is 7.37. The van der Waals surface area contributed by atoms with Gasteiger partial charge in [-0.2, -0.15) is 0 Å². The largest absolute Gasteiger partial charge is 0.394 e. The summed E-state index contributed by atoms with van der Waals surface area (Å²) in [6, 6.07) is 8.80. The van der Waals surface area contributed by atoms with Crippen molar-refractivity contribution in [3.8, 4) is 0 Å². The third-order valence-corrected chi connectivity index (χ3v) is 5.15. The van der Waals surface area contributed by atoms with Gasteiger partial charge in [-0.25, -0.2) is 5.84 Å². The number of rotatable bonds is 5. The molecule has 0 radical (unpaired) electrons. The van der Waals surface area contributed by atoms with E-state index in [4.69, 9.17) is 25.2 Å². The molecule has 14 nitrogen and oxygen atoms in total. The molecule has 2 fully saturated rings. The van der Waals surface area contributed by atoms with Gasteiger partial charge in [0.15, 0.2) is 12.6 Å². The Bertz CT molecular complexity index is 724. The van der Waals surface area contributed by atoms with E-state index < -0.39 is 74.6 Å². The van der Waals surface area contributed by atoms with Gasteiger partial charge in [0.25, 0.3) is 5.91 Å². The van der Waals surface area contributed by atoms with Gasteiger partial charge in [-0.3, -0.25) is 10.2 Å². The average Bonchev–Trinajstić information content (AvgIpc) is 2.84. The van der Waals surface area contributed by atoms with Crippen molar-refractivity contribution in [2.24, 2.45) is 5.84 Å². The predicted molar refractivity (Wildman–Crippen MR) is 107 cm³/mol. The third-order valence-electron chi connectivity index (χ3n) is 5.15. The number of aliphatic hydroxyl groups is 8. The molecule has 2 aliphatic heterocycles. The number of ether oxygens (including phenoxy) is 3. The van der Waals surface area contributed by atoms with E-state index in [9.17, 15) is 40.5 Å². The zero-order valence-electron chi connectivity index (χ0n) is 17.4. The van der Waals surface area contributed by atoms with Crippen LogP contribution in [0.15, 0.2) is 30.3 Å². The van der Waals surface area contributed by atoms with Crippen LogP contribution in [0.4, 0.5) is 0 Å². The lowest BCUT2D eigenvalue weighted by atomic mass is 9.97. The molecule has 0 spiro atoms. The number of amides is 1. The van der Waals surface area contributed by atoms with Gasteiger partial charge in [0.1, 0.15) is 48.8 Å². The summed E-state index contributed by atoms with van der Waals surface area (Å²) in [4.78, 5) is 10.8. The van der Waals surface area contributed by atoms with Crippen molar-refractivity contribution in [1.29, 1.82) is 0 Å². The van der Waals surface area contributed by atoms with Crippen LogP contribution < -0.4 is 11.3 Å². The van der Waals surface area contributed by atoms with Crippen molar-refractivity contribution in [1.82, 2.24) is 5.43 Å². The van der Waals surface area contributed by atoms with E-state index >= 15 is 0 Å². The first-order valence-corrected chi connectivity index (χ1v) is 9.98. The molecule has 0 aromatic heterocycles. The number of hydrazine groups is 1. The Labute approximate surface area is 188 Å². The molecule has 1 aromatic carbocycles. The molecule has 2 heterocycles. The van der Waals surface area contributed by atoms with Crippen LogP contribution in [-0.2, 0) is 14.2 Å². The van der Waals surface area contributed by atoms with Gasteiger partial charge in [-0.15, -0.1) is 0 Å². The summed E-state index contributed by atoms with van der Waals surface area (Å²) in [5, 5.41) is 76.5.